The van der Waals surface area contributed by atoms with E-state index >= 15 is 0 Å². The Kier molecular flexibility index (Phi) is 6.08. The molecule has 3 aromatic rings. The van der Waals surface area contributed by atoms with Crippen molar-refractivity contribution >= 4 is 6.03 Å². The summed E-state index contributed by atoms with van der Waals surface area (Å²) in [5, 5.41) is 11.1. The first-order valence-electron chi connectivity index (χ1n) is 9.40. The van der Waals surface area contributed by atoms with E-state index in [2.05, 4.69) is 51.0 Å². The highest BCUT2D eigenvalue weighted by Crippen LogP contribution is 2.15. The van der Waals surface area contributed by atoms with Crippen molar-refractivity contribution in [3.05, 3.63) is 66.3 Å². The van der Waals surface area contributed by atoms with Crippen LogP contribution in [-0.4, -0.2) is 42.3 Å². The van der Waals surface area contributed by atoms with Crippen molar-refractivity contribution in [3.8, 4) is 0 Å². The molecule has 0 aliphatic carbocycles. The Morgan fingerprint density at radius 1 is 1.21 bits per heavy atom. The molecule has 0 bridgehead atoms. The fourth-order valence-electron chi connectivity index (χ4n) is 3.02. The molecule has 0 fully saturated rings. The van der Waals surface area contributed by atoms with E-state index in [-0.39, 0.29) is 18.1 Å². The molecule has 2 amide bonds. The van der Waals surface area contributed by atoms with Gasteiger partial charge in [-0.2, -0.15) is 0 Å². The van der Waals surface area contributed by atoms with Crippen molar-refractivity contribution < 1.29 is 4.79 Å². The number of carbonyl (C=O) groups is 1. The number of nitrogens with one attached hydrogen (secondary N) is 1. The van der Waals surface area contributed by atoms with Gasteiger partial charge in [0.2, 0.25) is 0 Å². The standard InChI is InChI=1S/C20H27N7O/c1-15(2)27-14-22-24-19(27)16(3)23-20(28)25(4)13-18-21-10-11-26(18)12-17-8-6-5-7-9-17/h5-11,14-16H,12-13H2,1-4H3,(H,23,28). The third-order valence-corrected chi connectivity index (χ3v) is 4.61. The third-order valence-electron chi connectivity index (χ3n) is 4.61. The Balaban J connectivity index is 1.62. The van der Waals surface area contributed by atoms with Gasteiger partial charge in [0.05, 0.1) is 12.6 Å². The normalized spacial score (nSPS) is 12.2. The molecule has 0 saturated heterocycles. The maximum atomic E-state index is 12.6. The number of benzene rings is 1. The minimum Gasteiger partial charge on any atom is -0.329 e. The second-order valence-electron chi connectivity index (χ2n) is 7.17. The highest BCUT2D eigenvalue weighted by molar-refractivity contribution is 5.74. The van der Waals surface area contributed by atoms with Crippen molar-refractivity contribution in [3.63, 3.8) is 0 Å². The summed E-state index contributed by atoms with van der Waals surface area (Å²) in [6.45, 7) is 7.15. The number of nitrogens with zero attached hydrogens (tertiary/aromatic N) is 6. The monoisotopic (exact) mass is 381 g/mol. The lowest BCUT2D eigenvalue weighted by molar-refractivity contribution is 0.201. The second-order valence-corrected chi connectivity index (χ2v) is 7.17. The van der Waals surface area contributed by atoms with Crippen LogP contribution in [0.5, 0.6) is 0 Å². The number of rotatable bonds is 7. The van der Waals surface area contributed by atoms with Crippen molar-refractivity contribution in [1.82, 2.24) is 34.5 Å². The SMILES string of the molecule is CC(NC(=O)N(C)Cc1nccn1Cc1ccccc1)c1nncn1C(C)C. The summed E-state index contributed by atoms with van der Waals surface area (Å²) in [5.74, 6) is 1.57. The van der Waals surface area contributed by atoms with Crippen LogP contribution in [0, 0.1) is 0 Å². The molecule has 0 aliphatic heterocycles. The van der Waals surface area contributed by atoms with E-state index in [1.165, 1.54) is 5.56 Å². The zero-order chi connectivity index (χ0) is 20.1. The molecule has 1 aromatic carbocycles. The smallest absolute Gasteiger partial charge is 0.318 e. The minimum absolute atomic E-state index is 0.180. The predicted octanol–water partition coefficient (Wildman–Crippen LogP) is 3.01. The molecule has 8 heteroatoms. The Morgan fingerprint density at radius 3 is 2.68 bits per heavy atom. The van der Waals surface area contributed by atoms with Gasteiger partial charge >= 0.3 is 6.03 Å². The molecule has 2 heterocycles. The molecule has 1 atom stereocenters. The van der Waals surface area contributed by atoms with Crippen LogP contribution in [0.4, 0.5) is 4.79 Å². The number of imidazole rings is 1. The maximum Gasteiger partial charge on any atom is 0.318 e. The van der Waals surface area contributed by atoms with Gasteiger partial charge in [0.1, 0.15) is 12.2 Å². The molecule has 148 valence electrons. The third kappa shape index (κ3) is 4.57. The number of urea groups is 1. The van der Waals surface area contributed by atoms with Gasteiger partial charge in [-0.05, 0) is 26.3 Å². The van der Waals surface area contributed by atoms with Crippen LogP contribution >= 0.6 is 0 Å². The topological polar surface area (TPSA) is 80.9 Å². The molecule has 28 heavy (non-hydrogen) atoms. The molecular formula is C20H27N7O. The molecular weight excluding hydrogens is 354 g/mol. The van der Waals surface area contributed by atoms with Gasteiger partial charge in [-0.25, -0.2) is 9.78 Å². The first kappa shape index (κ1) is 19.6. The molecule has 1 N–H and O–H groups in total. The summed E-state index contributed by atoms with van der Waals surface area (Å²) in [4.78, 5) is 18.7. The highest BCUT2D eigenvalue weighted by Gasteiger charge is 2.20. The van der Waals surface area contributed by atoms with E-state index in [0.29, 0.717) is 6.54 Å². The van der Waals surface area contributed by atoms with Gasteiger partial charge in [-0.1, -0.05) is 30.3 Å². The Bertz CT molecular complexity index is 900. The van der Waals surface area contributed by atoms with Gasteiger partial charge in [-0.15, -0.1) is 10.2 Å². The zero-order valence-corrected chi connectivity index (χ0v) is 16.8. The lowest BCUT2D eigenvalue weighted by atomic mass is 10.2. The zero-order valence-electron chi connectivity index (χ0n) is 16.8. The summed E-state index contributed by atoms with van der Waals surface area (Å²) in [5.41, 5.74) is 1.19. The molecule has 0 radical (unpaired) electrons. The van der Waals surface area contributed by atoms with Crippen molar-refractivity contribution in [1.29, 1.82) is 0 Å². The van der Waals surface area contributed by atoms with E-state index in [1.54, 1.807) is 24.5 Å². The molecule has 0 saturated carbocycles. The molecule has 2 aromatic heterocycles. The van der Waals surface area contributed by atoms with Crippen LogP contribution in [0.15, 0.2) is 49.1 Å². The Morgan fingerprint density at radius 2 is 1.96 bits per heavy atom. The molecule has 3 rings (SSSR count). The van der Waals surface area contributed by atoms with E-state index in [9.17, 15) is 4.79 Å². The van der Waals surface area contributed by atoms with E-state index in [0.717, 1.165) is 18.2 Å². The Hall–Kier alpha value is -3.16. The van der Waals surface area contributed by atoms with Crippen LogP contribution in [0.2, 0.25) is 0 Å². The van der Waals surface area contributed by atoms with Gasteiger partial charge in [0, 0.05) is 32.0 Å². The molecule has 0 aliphatic rings. The van der Waals surface area contributed by atoms with E-state index in [1.807, 2.05) is 35.9 Å². The molecule has 8 nitrogen and oxygen atoms in total. The second kappa shape index (κ2) is 8.69. The van der Waals surface area contributed by atoms with Gasteiger partial charge in [-0.3, -0.25) is 0 Å². The summed E-state index contributed by atoms with van der Waals surface area (Å²) in [6, 6.07) is 9.99. The van der Waals surface area contributed by atoms with Gasteiger partial charge in [0.15, 0.2) is 5.82 Å². The largest absolute Gasteiger partial charge is 0.329 e. The van der Waals surface area contributed by atoms with E-state index < -0.39 is 0 Å². The van der Waals surface area contributed by atoms with Crippen molar-refractivity contribution in [2.24, 2.45) is 0 Å². The summed E-state index contributed by atoms with van der Waals surface area (Å²) >= 11 is 0. The number of aromatic nitrogens is 5. The number of hydrogen-bond donors (Lipinski definition) is 1. The number of amides is 2. The van der Waals surface area contributed by atoms with Crippen LogP contribution in [0.1, 0.15) is 50.1 Å². The lowest BCUT2D eigenvalue weighted by Crippen LogP contribution is -2.39. The van der Waals surface area contributed by atoms with Crippen LogP contribution in [0.25, 0.3) is 0 Å². The first-order valence-corrected chi connectivity index (χ1v) is 9.40. The first-order chi connectivity index (χ1) is 13.5. The number of carbonyl (C=O) groups excluding carboxylic acids is 1. The fourth-order valence-corrected chi connectivity index (χ4v) is 3.02. The van der Waals surface area contributed by atoms with Gasteiger partial charge < -0.3 is 19.4 Å². The average Bonchev–Trinajstić information content (AvgIpc) is 3.32. The van der Waals surface area contributed by atoms with Crippen LogP contribution in [-0.2, 0) is 13.1 Å². The van der Waals surface area contributed by atoms with Crippen LogP contribution in [0.3, 0.4) is 0 Å². The quantitative estimate of drug-likeness (QED) is 0.682. The number of hydrogen-bond acceptors (Lipinski definition) is 4. The lowest BCUT2D eigenvalue weighted by Gasteiger charge is -2.22. The Labute approximate surface area is 165 Å². The minimum atomic E-state index is -0.246. The predicted molar refractivity (Wildman–Crippen MR) is 107 cm³/mol. The van der Waals surface area contributed by atoms with Gasteiger partial charge in [0.25, 0.3) is 0 Å². The van der Waals surface area contributed by atoms with E-state index in [4.69, 9.17) is 0 Å². The van der Waals surface area contributed by atoms with Crippen LogP contribution < -0.4 is 5.32 Å². The summed E-state index contributed by atoms with van der Waals surface area (Å²) in [7, 11) is 1.76. The molecule has 0 spiro atoms. The fraction of sp³-hybridized carbons (Fsp3) is 0.400. The summed E-state index contributed by atoms with van der Waals surface area (Å²) < 4.78 is 4.01. The summed E-state index contributed by atoms with van der Waals surface area (Å²) in [6.07, 6.45) is 5.38. The highest BCUT2D eigenvalue weighted by atomic mass is 16.2. The van der Waals surface area contributed by atoms with Crippen molar-refractivity contribution in [2.45, 2.75) is 45.9 Å². The average molecular weight is 381 g/mol. The van der Waals surface area contributed by atoms with Crippen molar-refractivity contribution in [2.75, 3.05) is 7.05 Å². The molecule has 1 unspecified atom stereocenters. The maximum absolute atomic E-state index is 12.6.